The summed E-state index contributed by atoms with van der Waals surface area (Å²) in [5.74, 6) is 2.23. The van der Waals surface area contributed by atoms with Crippen molar-refractivity contribution >= 4 is 32.9 Å². The lowest BCUT2D eigenvalue weighted by atomic mass is 10.2. The lowest BCUT2D eigenvalue weighted by molar-refractivity contribution is 0.174. The molecule has 1 aliphatic heterocycles. The molecule has 0 radical (unpaired) electrons. The number of aromatic amines is 1. The second-order valence-electron chi connectivity index (χ2n) is 4.79. The molecule has 21 heavy (non-hydrogen) atoms. The van der Waals surface area contributed by atoms with Crippen LogP contribution in [-0.2, 0) is 6.54 Å². The van der Waals surface area contributed by atoms with Gasteiger partial charge in [-0.1, -0.05) is 28.1 Å². The average Bonchev–Trinajstić information content (AvgIpc) is 3.07. The van der Waals surface area contributed by atoms with Gasteiger partial charge in [0, 0.05) is 23.2 Å². The van der Waals surface area contributed by atoms with E-state index in [-0.39, 0.29) is 6.79 Å². The number of halogens is 1. The summed E-state index contributed by atoms with van der Waals surface area (Å²) in [6.45, 7) is 0.974. The van der Waals surface area contributed by atoms with Crippen molar-refractivity contribution in [3.8, 4) is 11.5 Å². The summed E-state index contributed by atoms with van der Waals surface area (Å²) >= 11 is 3.47. The van der Waals surface area contributed by atoms with Crippen molar-refractivity contribution in [1.29, 1.82) is 0 Å². The number of H-pyrrole nitrogens is 1. The zero-order valence-corrected chi connectivity index (χ0v) is 12.6. The fourth-order valence-electron chi connectivity index (χ4n) is 2.32. The molecule has 0 atom stereocenters. The van der Waals surface area contributed by atoms with Crippen LogP contribution in [0, 0.1) is 0 Å². The summed E-state index contributed by atoms with van der Waals surface area (Å²) in [6, 6.07) is 12.0. The summed E-state index contributed by atoms with van der Waals surface area (Å²) in [5, 5.41) is 3.28. The first-order chi connectivity index (χ1) is 10.3. The highest BCUT2D eigenvalue weighted by Crippen LogP contribution is 2.35. The van der Waals surface area contributed by atoms with Crippen LogP contribution in [0.3, 0.4) is 0 Å². The van der Waals surface area contributed by atoms with Gasteiger partial charge in [-0.05, 0) is 17.7 Å². The zero-order valence-electron chi connectivity index (χ0n) is 11.0. The van der Waals surface area contributed by atoms with E-state index in [1.54, 1.807) is 0 Å². The lowest BCUT2D eigenvalue weighted by Crippen LogP contribution is -2.00. The number of nitrogens with one attached hydrogen (secondary N) is 2. The number of anilines is 1. The molecule has 4 rings (SSSR count). The number of aromatic nitrogens is 2. The minimum Gasteiger partial charge on any atom is -0.454 e. The Morgan fingerprint density at radius 3 is 2.90 bits per heavy atom. The summed E-state index contributed by atoms with van der Waals surface area (Å²) < 4.78 is 11.8. The molecule has 0 bridgehead atoms. The second kappa shape index (κ2) is 4.96. The molecule has 2 N–H and O–H groups in total. The first-order valence-corrected chi connectivity index (χ1v) is 7.35. The predicted octanol–water partition coefficient (Wildman–Crippen LogP) is 3.67. The Hall–Kier alpha value is -2.21. The van der Waals surface area contributed by atoms with Crippen molar-refractivity contribution in [2.45, 2.75) is 6.54 Å². The Bertz CT molecular complexity index is 775. The third kappa shape index (κ3) is 2.42. The van der Waals surface area contributed by atoms with Gasteiger partial charge in [-0.2, -0.15) is 0 Å². The van der Waals surface area contributed by atoms with Gasteiger partial charge in [0.05, 0.1) is 11.0 Å². The molecule has 0 saturated heterocycles. The van der Waals surface area contributed by atoms with Crippen LogP contribution in [0.4, 0.5) is 5.95 Å². The highest BCUT2D eigenvalue weighted by Gasteiger charge is 2.16. The Morgan fingerprint density at radius 1 is 1.19 bits per heavy atom. The Labute approximate surface area is 129 Å². The number of rotatable bonds is 3. The van der Waals surface area contributed by atoms with Crippen molar-refractivity contribution in [2.75, 3.05) is 12.1 Å². The van der Waals surface area contributed by atoms with Crippen LogP contribution in [-0.4, -0.2) is 16.8 Å². The minimum atomic E-state index is 0.274. The topological polar surface area (TPSA) is 59.2 Å². The molecule has 0 spiro atoms. The highest BCUT2D eigenvalue weighted by atomic mass is 79.9. The highest BCUT2D eigenvalue weighted by molar-refractivity contribution is 9.10. The number of fused-ring (bicyclic) bond motifs is 2. The molecule has 3 aromatic rings. The van der Waals surface area contributed by atoms with Crippen LogP contribution >= 0.6 is 15.9 Å². The molecule has 5 nitrogen and oxygen atoms in total. The van der Waals surface area contributed by atoms with Gasteiger partial charge < -0.3 is 19.8 Å². The number of hydrogen-bond acceptors (Lipinski definition) is 4. The number of hydrogen-bond donors (Lipinski definition) is 2. The average molecular weight is 346 g/mol. The van der Waals surface area contributed by atoms with E-state index in [1.165, 1.54) is 5.56 Å². The molecule has 1 aromatic heterocycles. The molecule has 0 amide bonds. The molecule has 2 heterocycles. The first-order valence-electron chi connectivity index (χ1n) is 6.55. The van der Waals surface area contributed by atoms with Gasteiger partial charge >= 0.3 is 0 Å². The van der Waals surface area contributed by atoms with Crippen molar-refractivity contribution in [1.82, 2.24) is 9.97 Å². The van der Waals surface area contributed by atoms with E-state index in [2.05, 4.69) is 43.3 Å². The minimum absolute atomic E-state index is 0.274. The monoisotopic (exact) mass is 345 g/mol. The van der Waals surface area contributed by atoms with Crippen LogP contribution in [0.1, 0.15) is 5.56 Å². The first kappa shape index (κ1) is 12.5. The fourth-order valence-corrected chi connectivity index (χ4v) is 2.76. The molecule has 0 fully saturated rings. The van der Waals surface area contributed by atoms with Gasteiger partial charge in [0.2, 0.25) is 12.7 Å². The second-order valence-corrected chi connectivity index (χ2v) is 5.71. The standard InChI is InChI=1S/C15H12BrN3O2/c16-10-3-1-2-9(4-10)7-17-15-18-11-5-13-14(21-8-20-13)6-12(11)19-15/h1-6H,7-8H2,(H2,17,18,19). The molecule has 2 aromatic carbocycles. The third-order valence-electron chi connectivity index (χ3n) is 3.33. The zero-order chi connectivity index (χ0) is 14.2. The van der Waals surface area contributed by atoms with E-state index >= 15 is 0 Å². The number of ether oxygens (including phenoxy) is 2. The van der Waals surface area contributed by atoms with Gasteiger partial charge in [-0.15, -0.1) is 0 Å². The van der Waals surface area contributed by atoms with Gasteiger partial charge in [-0.25, -0.2) is 4.98 Å². The molecular formula is C15H12BrN3O2. The van der Waals surface area contributed by atoms with Crippen LogP contribution in [0.15, 0.2) is 40.9 Å². The van der Waals surface area contributed by atoms with E-state index in [0.29, 0.717) is 6.54 Å². The molecular weight excluding hydrogens is 334 g/mol. The van der Waals surface area contributed by atoms with Crippen molar-refractivity contribution in [2.24, 2.45) is 0 Å². The van der Waals surface area contributed by atoms with Crippen molar-refractivity contribution < 1.29 is 9.47 Å². The summed E-state index contributed by atoms with van der Waals surface area (Å²) in [7, 11) is 0. The largest absolute Gasteiger partial charge is 0.454 e. The SMILES string of the molecule is Brc1cccc(CNc2nc3cc4c(cc3[nH]2)OCO4)c1. The summed E-state index contributed by atoms with van der Waals surface area (Å²) in [6.07, 6.45) is 0. The van der Waals surface area contributed by atoms with Crippen molar-refractivity contribution in [3.05, 3.63) is 46.4 Å². The van der Waals surface area contributed by atoms with Gasteiger partial charge in [0.15, 0.2) is 11.5 Å². The van der Waals surface area contributed by atoms with Gasteiger partial charge in [-0.3, -0.25) is 0 Å². The molecule has 0 unspecified atom stereocenters. The molecule has 6 heteroatoms. The number of imidazole rings is 1. The summed E-state index contributed by atoms with van der Waals surface area (Å²) in [5.41, 5.74) is 2.96. The quantitative estimate of drug-likeness (QED) is 0.760. The summed E-state index contributed by atoms with van der Waals surface area (Å²) in [4.78, 5) is 7.75. The van der Waals surface area contributed by atoms with Crippen LogP contribution in [0.5, 0.6) is 11.5 Å². The maximum Gasteiger partial charge on any atom is 0.231 e. The molecule has 0 aliphatic carbocycles. The van der Waals surface area contributed by atoms with E-state index < -0.39 is 0 Å². The number of nitrogens with zero attached hydrogens (tertiary/aromatic N) is 1. The van der Waals surface area contributed by atoms with Gasteiger partial charge in [0.1, 0.15) is 0 Å². The number of benzene rings is 2. The Kier molecular flexibility index (Phi) is 2.96. The van der Waals surface area contributed by atoms with E-state index in [4.69, 9.17) is 9.47 Å². The fraction of sp³-hybridized carbons (Fsp3) is 0.133. The Morgan fingerprint density at radius 2 is 2.05 bits per heavy atom. The molecule has 106 valence electrons. The lowest BCUT2D eigenvalue weighted by Gasteiger charge is -2.03. The molecule has 1 aliphatic rings. The van der Waals surface area contributed by atoms with E-state index in [1.807, 2.05) is 24.3 Å². The normalized spacial score (nSPS) is 12.8. The predicted molar refractivity (Wildman–Crippen MR) is 83.7 cm³/mol. The van der Waals surface area contributed by atoms with Gasteiger partial charge in [0.25, 0.3) is 0 Å². The van der Waals surface area contributed by atoms with Crippen LogP contribution < -0.4 is 14.8 Å². The van der Waals surface area contributed by atoms with E-state index in [0.717, 1.165) is 33.0 Å². The third-order valence-corrected chi connectivity index (χ3v) is 3.82. The smallest absolute Gasteiger partial charge is 0.231 e. The van der Waals surface area contributed by atoms with Crippen LogP contribution in [0.25, 0.3) is 11.0 Å². The molecule has 0 saturated carbocycles. The van der Waals surface area contributed by atoms with E-state index in [9.17, 15) is 0 Å². The maximum absolute atomic E-state index is 5.36. The van der Waals surface area contributed by atoms with Crippen molar-refractivity contribution in [3.63, 3.8) is 0 Å². The Balaban J connectivity index is 1.57. The maximum atomic E-state index is 5.36. The van der Waals surface area contributed by atoms with Crippen LogP contribution in [0.2, 0.25) is 0 Å².